The molecule has 0 saturated heterocycles. The van der Waals surface area contributed by atoms with Crippen LogP contribution in [0, 0.1) is 0 Å². The van der Waals surface area contributed by atoms with Crippen molar-refractivity contribution in [2.24, 2.45) is 0 Å². The molecule has 10 heteroatoms. The van der Waals surface area contributed by atoms with Gasteiger partial charge in [0.15, 0.2) is 6.10 Å². The van der Waals surface area contributed by atoms with Crippen molar-refractivity contribution in [3.63, 3.8) is 0 Å². The second kappa shape index (κ2) is 78.3. The Balaban J connectivity index is 4.05. The Labute approximate surface area is 616 Å². The number of carbonyl (C=O) groups excluding carboxylic acids is 2. The van der Waals surface area contributed by atoms with Gasteiger partial charge in [-0.25, -0.2) is 0 Å². The minimum atomic E-state index is -4.66. The van der Waals surface area contributed by atoms with Gasteiger partial charge in [0.05, 0.1) is 27.7 Å². The second-order valence-corrected chi connectivity index (χ2v) is 29.1. The topological polar surface area (TPSA) is 111 Å². The van der Waals surface area contributed by atoms with Gasteiger partial charge in [-0.1, -0.05) is 357 Å². The fourth-order valence-corrected chi connectivity index (χ4v) is 11.6. The molecule has 0 amide bonds. The molecule has 0 saturated carbocycles. The number of hydrogen-bond acceptors (Lipinski definition) is 8. The first kappa shape index (κ1) is 95.1. The molecule has 0 rings (SSSR count). The number of ether oxygens (including phenoxy) is 2. The summed E-state index contributed by atoms with van der Waals surface area (Å²) in [6, 6.07) is 0. The Morgan fingerprint density at radius 3 is 0.800 bits per heavy atom. The number of carbonyl (C=O) groups is 2. The molecule has 0 fully saturated rings. The van der Waals surface area contributed by atoms with Crippen LogP contribution in [-0.4, -0.2) is 70.0 Å². The summed E-state index contributed by atoms with van der Waals surface area (Å²) in [4.78, 5) is 38.2. The smallest absolute Gasteiger partial charge is 0.306 e. The van der Waals surface area contributed by atoms with Gasteiger partial charge in [-0.2, -0.15) is 0 Å². The summed E-state index contributed by atoms with van der Waals surface area (Å²) in [5, 5.41) is 0. The monoisotopic (exact) mass is 1400 g/mol. The van der Waals surface area contributed by atoms with Crippen LogP contribution in [0.5, 0.6) is 0 Å². The van der Waals surface area contributed by atoms with Gasteiger partial charge in [0.25, 0.3) is 7.82 Å². The van der Waals surface area contributed by atoms with Crippen LogP contribution in [0.25, 0.3) is 0 Å². The number of rotatable bonds is 73. The second-order valence-electron chi connectivity index (χ2n) is 27.7. The van der Waals surface area contributed by atoms with Crippen LogP contribution in [0.2, 0.25) is 0 Å². The maximum Gasteiger partial charge on any atom is 0.306 e. The lowest BCUT2D eigenvalue weighted by Gasteiger charge is -2.28. The molecule has 100 heavy (non-hydrogen) atoms. The van der Waals surface area contributed by atoms with Gasteiger partial charge in [-0.05, 0) is 135 Å². The molecule has 0 aliphatic carbocycles. The third-order valence-electron chi connectivity index (χ3n) is 16.9. The Kier molecular flexibility index (Phi) is 74.4. The Morgan fingerprint density at radius 1 is 0.310 bits per heavy atom. The molecule has 0 radical (unpaired) electrons. The first-order chi connectivity index (χ1) is 49.0. The number of nitrogens with zero attached hydrogens (tertiary/aromatic N) is 1. The van der Waals surface area contributed by atoms with Gasteiger partial charge in [-0.15, -0.1) is 0 Å². The third kappa shape index (κ3) is 82.1. The highest BCUT2D eigenvalue weighted by atomic mass is 31.2. The van der Waals surface area contributed by atoms with E-state index in [4.69, 9.17) is 18.5 Å². The highest BCUT2D eigenvalue weighted by Gasteiger charge is 2.22. The van der Waals surface area contributed by atoms with Crippen LogP contribution in [0.3, 0.4) is 0 Å². The lowest BCUT2D eigenvalue weighted by Crippen LogP contribution is -2.37. The van der Waals surface area contributed by atoms with E-state index in [0.29, 0.717) is 17.4 Å². The Bertz CT molecular complexity index is 2350. The van der Waals surface area contributed by atoms with Gasteiger partial charge in [0, 0.05) is 12.8 Å². The zero-order valence-electron chi connectivity index (χ0n) is 64.8. The molecule has 0 aromatic heterocycles. The minimum absolute atomic E-state index is 0.0422. The molecule has 0 aromatic carbocycles. The highest BCUT2D eigenvalue weighted by molar-refractivity contribution is 7.45. The molecule has 0 heterocycles. The molecule has 9 nitrogen and oxygen atoms in total. The molecule has 0 aliphatic heterocycles. The third-order valence-corrected chi connectivity index (χ3v) is 17.9. The Morgan fingerprint density at radius 2 is 0.540 bits per heavy atom. The molecule has 0 bridgehead atoms. The average molecular weight is 1410 g/mol. The number of esters is 2. The van der Waals surface area contributed by atoms with Crippen LogP contribution >= 0.6 is 7.82 Å². The molecular formula is C90H150NO8P. The molecule has 0 aliphatic rings. The molecule has 0 spiro atoms. The van der Waals surface area contributed by atoms with E-state index in [1.54, 1.807) is 0 Å². The number of quaternary nitrogens is 1. The number of unbranched alkanes of at least 4 members (excludes halogenated alkanes) is 29. The average Bonchev–Trinajstić information content (AvgIpc) is 1.07. The molecule has 2 unspecified atom stereocenters. The van der Waals surface area contributed by atoms with Crippen LogP contribution in [-0.2, 0) is 32.7 Å². The number of phosphoric ester groups is 1. The maximum atomic E-state index is 12.9. The van der Waals surface area contributed by atoms with E-state index in [2.05, 4.69) is 196 Å². The molecule has 0 aromatic rings. The summed E-state index contributed by atoms with van der Waals surface area (Å²) >= 11 is 0. The van der Waals surface area contributed by atoms with Crippen LogP contribution in [0.15, 0.2) is 182 Å². The van der Waals surface area contributed by atoms with Gasteiger partial charge in [0.1, 0.15) is 19.8 Å². The van der Waals surface area contributed by atoms with Gasteiger partial charge in [-0.3, -0.25) is 14.2 Å². The standard InChI is InChI=1S/C90H150NO8P/c1-6-8-10-12-14-16-18-20-22-24-26-28-30-32-34-36-38-40-42-44-45-47-49-51-53-55-57-59-61-63-65-67-69-71-73-75-77-79-81-83-90(93)99-88(87-98-100(94,95)97-85-84-91(3,4)5)86-96-89(92)82-80-78-76-74-72-70-68-66-64-62-60-58-56-54-52-50-48-46-43-41-39-37-35-33-31-29-27-25-23-21-19-17-15-13-11-9-7-2/h8-11,14-17,20-23,26-29,32,34,38,40,44-45,49,51,55,57,61,63,67,69,88H,6-7,12-13,18-19,24-25,30-31,33,35-37,39,41-43,46-48,50,52-54,56,58-60,62,64-66,68,70-87H2,1-5H3/b10-8-,11-9-,16-14-,17-15-,22-20-,23-21-,28-26-,29-27-,34-32-,40-38-,45-44-,51-49-,57-55-,63-61-,69-67-. The quantitative estimate of drug-likeness (QED) is 0.0195. The van der Waals surface area contributed by atoms with E-state index < -0.39 is 26.5 Å². The predicted molar refractivity (Wildman–Crippen MR) is 433 cm³/mol. The fourth-order valence-electron chi connectivity index (χ4n) is 10.8. The summed E-state index contributed by atoms with van der Waals surface area (Å²) in [6.45, 7) is 4.00. The summed E-state index contributed by atoms with van der Waals surface area (Å²) in [5.41, 5.74) is 0. The number of hydrogen-bond donors (Lipinski definition) is 0. The summed E-state index contributed by atoms with van der Waals surface area (Å²) in [5.74, 6) is -0.856. The lowest BCUT2D eigenvalue weighted by molar-refractivity contribution is -0.870. The van der Waals surface area contributed by atoms with Crippen molar-refractivity contribution in [2.75, 3.05) is 47.5 Å². The minimum Gasteiger partial charge on any atom is -0.756 e. The van der Waals surface area contributed by atoms with Crippen molar-refractivity contribution < 1.29 is 42.1 Å². The summed E-state index contributed by atoms with van der Waals surface area (Å²) in [6.07, 6.45) is 120. The van der Waals surface area contributed by atoms with Crippen molar-refractivity contribution >= 4 is 19.8 Å². The number of allylic oxidation sites excluding steroid dienone is 30. The summed E-state index contributed by atoms with van der Waals surface area (Å²) < 4.78 is 34.4. The van der Waals surface area contributed by atoms with E-state index in [9.17, 15) is 19.0 Å². The maximum absolute atomic E-state index is 12.9. The van der Waals surface area contributed by atoms with Gasteiger partial charge in [0.2, 0.25) is 0 Å². The van der Waals surface area contributed by atoms with Crippen LogP contribution < -0.4 is 4.89 Å². The van der Waals surface area contributed by atoms with E-state index in [1.165, 1.54) is 141 Å². The Hall–Kier alpha value is -4.89. The fraction of sp³-hybridized carbons (Fsp3) is 0.644. The van der Waals surface area contributed by atoms with E-state index in [1.807, 2.05) is 21.1 Å². The normalized spacial score (nSPS) is 14.0. The first-order valence-electron chi connectivity index (χ1n) is 40.5. The number of likely N-dealkylation sites (N-methyl/N-ethyl adjacent to an activating group) is 1. The molecular weight excluding hydrogens is 1250 g/mol. The molecule has 568 valence electrons. The number of phosphoric acid groups is 1. The molecule has 2 atom stereocenters. The predicted octanol–water partition coefficient (Wildman–Crippen LogP) is 26.8. The largest absolute Gasteiger partial charge is 0.756 e. The van der Waals surface area contributed by atoms with E-state index in [0.717, 1.165) is 148 Å². The van der Waals surface area contributed by atoms with Gasteiger partial charge < -0.3 is 27.9 Å². The van der Waals surface area contributed by atoms with Gasteiger partial charge >= 0.3 is 11.9 Å². The van der Waals surface area contributed by atoms with E-state index in [-0.39, 0.29) is 32.0 Å². The first-order valence-corrected chi connectivity index (χ1v) is 42.0. The van der Waals surface area contributed by atoms with Crippen molar-refractivity contribution in [2.45, 2.75) is 328 Å². The zero-order chi connectivity index (χ0) is 72.5. The zero-order valence-corrected chi connectivity index (χ0v) is 65.7. The van der Waals surface area contributed by atoms with Crippen LogP contribution in [0.4, 0.5) is 0 Å². The summed E-state index contributed by atoms with van der Waals surface area (Å²) in [7, 11) is 1.14. The van der Waals surface area contributed by atoms with Crippen LogP contribution in [0.1, 0.15) is 322 Å². The SMILES string of the molecule is CC/C=C\C/C=C\C/C=C\C/C=C\C/C=C\C/C=C\C/C=C\C/C=C\C/C=C\C/C=C\C/C=C\CCCCCCCC(=O)OC(COC(=O)CCCCCCCCCCCCCCCCCCCCCCCCCC/C=C\C/C=C\C/C=C\C/C=C\CC)COP(=O)([O-])OCC[N+](C)(C)C. The highest BCUT2D eigenvalue weighted by Crippen LogP contribution is 2.38. The van der Waals surface area contributed by atoms with Crippen molar-refractivity contribution in [3.05, 3.63) is 182 Å². The van der Waals surface area contributed by atoms with Crippen molar-refractivity contribution in [1.29, 1.82) is 0 Å². The molecule has 0 N–H and O–H groups in total. The van der Waals surface area contributed by atoms with Crippen molar-refractivity contribution in [1.82, 2.24) is 0 Å². The lowest BCUT2D eigenvalue weighted by atomic mass is 10.0. The van der Waals surface area contributed by atoms with E-state index >= 15 is 0 Å². The van der Waals surface area contributed by atoms with Crippen molar-refractivity contribution in [3.8, 4) is 0 Å².